The number of aliphatic carboxylic acids is 1. The molecule has 0 spiro atoms. The van der Waals surface area contributed by atoms with Crippen LogP contribution in [0.4, 0.5) is 0 Å². The minimum atomic E-state index is -1.14. The number of carboxylic acids is 1. The van der Waals surface area contributed by atoms with Crippen molar-refractivity contribution in [2.45, 2.75) is 12.2 Å². The quantitative estimate of drug-likeness (QED) is 0.363. The van der Waals surface area contributed by atoms with Crippen LogP contribution in [0.15, 0.2) is 30.3 Å². The number of carbonyl (C=O) groups is 1. The van der Waals surface area contributed by atoms with Crippen LogP contribution in [0.5, 0.6) is 0 Å². The van der Waals surface area contributed by atoms with Gasteiger partial charge in [0.15, 0.2) is 0 Å². The SMILES string of the molecule is O=C([O-])[C@@H]1O[C@H]1c1ccccc1.[Na+]. The first-order valence-corrected chi connectivity index (χ1v) is 3.70. The van der Waals surface area contributed by atoms with Crippen LogP contribution in [0, 0.1) is 0 Å². The maximum Gasteiger partial charge on any atom is 1.00 e. The van der Waals surface area contributed by atoms with Crippen molar-refractivity contribution in [2.75, 3.05) is 0 Å². The Balaban J connectivity index is 0.000000845. The molecule has 0 unspecified atom stereocenters. The average Bonchev–Trinajstić information content (AvgIpc) is 2.84. The van der Waals surface area contributed by atoms with Crippen molar-refractivity contribution in [1.29, 1.82) is 0 Å². The van der Waals surface area contributed by atoms with Gasteiger partial charge >= 0.3 is 29.6 Å². The molecule has 1 fully saturated rings. The van der Waals surface area contributed by atoms with Gasteiger partial charge in [-0.05, 0) is 5.56 Å². The van der Waals surface area contributed by atoms with Crippen LogP contribution in [-0.4, -0.2) is 12.1 Å². The molecule has 0 bridgehead atoms. The zero-order valence-electron chi connectivity index (χ0n) is 7.27. The van der Waals surface area contributed by atoms with Crippen LogP contribution in [0.25, 0.3) is 0 Å². The summed E-state index contributed by atoms with van der Waals surface area (Å²) >= 11 is 0. The number of carboxylic acid groups (broad SMARTS) is 1. The number of hydrogen-bond acceptors (Lipinski definition) is 3. The van der Waals surface area contributed by atoms with E-state index in [-0.39, 0.29) is 35.7 Å². The molecule has 3 nitrogen and oxygen atoms in total. The molecule has 13 heavy (non-hydrogen) atoms. The van der Waals surface area contributed by atoms with Crippen molar-refractivity contribution in [3.63, 3.8) is 0 Å². The van der Waals surface area contributed by atoms with E-state index in [1.54, 1.807) is 0 Å². The first-order valence-electron chi connectivity index (χ1n) is 3.70. The molecular weight excluding hydrogens is 179 g/mol. The van der Waals surface area contributed by atoms with E-state index in [0.29, 0.717) is 0 Å². The van der Waals surface area contributed by atoms with Gasteiger partial charge in [0.05, 0.1) is 5.97 Å². The van der Waals surface area contributed by atoms with E-state index < -0.39 is 12.1 Å². The molecule has 4 heteroatoms. The van der Waals surface area contributed by atoms with Gasteiger partial charge in [-0.1, -0.05) is 30.3 Å². The molecule has 1 aromatic rings. The van der Waals surface area contributed by atoms with Crippen LogP contribution < -0.4 is 34.7 Å². The molecular formula is C9H7NaO3. The molecule has 0 amide bonds. The fourth-order valence-electron chi connectivity index (χ4n) is 1.19. The van der Waals surface area contributed by atoms with Crippen LogP contribution >= 0.6 is 0 Å². The van der Waals surface area contributed by atoms with Gasteiger partial charge in [0, 0.05) is 0 Å². The summed E-state index contributed by atoms with van der Waals surface area (Å²) in [6, 6.07) is 9.26. The number of ether oxygens (including phenoxy) is 1. The van der Waals surface area contributed by atoms with E-state index in [2.05, 4.69) is 0 Å². The summed E-state index contributed by atoms with van der Waals surface area (Å²) in [5.74, 6) is -1.14. The minimum Gasteiger partial charge on any atom is -0.547 e. The van der Waals surface area contributed by atoms with Crippen LogP contribution in [0.2, 0.25) is 0 Å². The summed E-state index contributed by atoms with van der Waals surface area (Å²) in [6.45, 7) is 0. The smallest absolute Gasteiger partial charge is 0.547 e. The van der Waals surface area contributed by atoms with E-state index in [1.165, 1.54) is 0 Å². The van der Waals surface area contributed by atoms with Crippen molar-refractivity contribution < 1.29 is 44.2 Å². The standard InChI is InChI=1S/C9H8O3.Na/c10-9(11)8-7(12-8)6-4-2-1-3-5-6;/h1-5,7-8H,(H,10,11);/q;+1/p-1/t7-,8+;/m0./s1. The second kappa shape index (κ2) is 4.24. The Morgan fingerprint density at radius 2 is 1.92 bits per heavy atom. The fourth-order valence-corrected chi connectivity index (χ4v) is 1.19. The summed E-state index contributed by atoms with van der Waals surface area (Å²) in [6.07, 6.45) is -1.04. The topological polar surface area (TPSA) is 52.7 Å². The fraction of sp³-hybridized carbons (Fsp3) is 0.222. The summed E-state index contributed by atoms with van der Waals surface area (Å²) in [5.41, 5.74) is 0.895. The first kappa shape index (κ1) is 10.7. The van der Waals surface area contributed by atoms with Crippen molar-refractivity contribution in [2.24, 2.45) is 0 Å². The molecule has 1 heterocycles. The molecule has 1 aliphatic rings. The van der Waals surface area contributed by atoms with E-state index in [4.69, 9.17) is 4.74 Å². The molecule has 1 aliphatic heterocycles. The Kier molecular flexibility index (Phi) is 3.50. The zero-order chi connectivity index (χ0) is 8.55. The monoisotopic (exact) mass is 186 g/mol. The summed E-state index contributed by atoms with van der Waals surface area (Å²) < 4.78 is 4.90. The first-order chi connectivity index (χ1) is 5.79. The Morgan fingerprint density at radius 1 is 1.31 bits per heavy atom. The number of hydrogen-bond donors (Lipinski definition) is 0. The Hall–Kier alpha value is -0.350. The second-order valence-corrected chi connectivity index (χ2v) is 2.71. The van der Waals surface area contributed by atoms with Crippen molar-refractivity contribution in [3.8, 4) is 0 Å². The number of rotatable bonds is 2. The number of carbonyl (C=O) groups excluding carboxylic acids is 1. The van der Waals surface area contributed by atoms with Gasteiger partial charge in [-0.25, -0.2) is 0 Å². The van der Waals surface area contributed by atoms with Gasteiger partial charge in [-0.3, -0.25) is 0 Å². The third-order valence-corrected chi connectivity index (χ3v) is 1.85. The average molecular weight is 186 g/mol. The van der Waals surface area contributed by atoms with Crippen molar-refractivity contribution in [3.05, 3.63) is 35.9 Å². The largest absolute Gasteiger partial charge is 1.00 e. The Morgan fingerprint density at radius 3 is 2.38 bits per heavy atom. The minimum absolute atomic E-state index is 0. The number of epoxide rings is 1. The van der Waals surface area contributed by atoms with E-state index in [0.717, 1.165) is 5.56 Å². The van der Waals surface area contributed by atoms with E-state index in [9.17, 15) is 9.90 Å². The van der Waals surface area contributed by atoms with Gasteiger partial charge in [0.1, 0.15) is 12.2 Å². The van der Waals surface area contributed by atoms with Gasteiger partial charge in [-0.2, -0.15) is 0 Å². The molecule has 0 aliphatic carbocycles. The molecule has 2 rings (SSSR count). The molecule has 62 valence electrons. The predicted octanol–water partition coefficient (Wildman–Crippen LogP) is -3.12. The molecule has 2 atom stereocenters. The van der Waals surface area contributed by atoms with Crippen LogP contribution in [0.3, 0.4) is 0 Å². The normalized spacial score (nSPS) is 24.6. The molecule has 1 aromatic carbocycles. The van der Waals surface area contributed by atoms with Crippen molar-refractivity contribution >= 4 is 5.97 Å². The second-order valence-electron chi connectivity index (χ2n) is 2.71. The van der Waals surface area contributed by atoms with Gasteiger partial charge < -0.3 is 14.6 Å². The predicted molar refractivity (Wildman–Crippen MR) is 39.1 cm³/mol. The zero-order valence-corrected chi connectivity index (χ0v) is 9.27. The molecule has 0 saturated carbocycles. The third-order valence-electron chi connectivity index (χ3n) is 1.85. The summed E-state index contributed by atoms with van der Waals surface area (Å²) in [4.78, 5) is 10.3. The van der Waals surface area contributed by atoms with Crippen molar-refractivity contribution in [1.82, 2.24) is 0 Å². The molecule has 0 N–H and O–H groups in total. The third kappa shape index (κ3) is 2.31. The summed E-state index contributed by atoms with van der Waals surface area (Å²) in [7, 11) is 0. The van der Waals surface area contributed by atoms with E-state index >= 15 is 0 Å². The van der Waals surface area contributed by atoms with Gasteiger partial charge in [0.2, 0.25) is 0 Å². The number of benzene rings is 1. The Labute approximate surface area is 98.0 Å². The molecule has 0 aromatic heterocycles. The van der Waals surface area contributed by atoms with Gasteiger partial charge in [-0.15, -0.1) is 0 Å². The maximum atomic E-state index is 10.3. The summed E-state index contributed by atoms with van der Waals surface area (Å²) in [5, 5.41) is 10.3. The molecule has 1 saturated heterocycles. The Bertz CT molecular complexity index is 299. The maximum absolute atomic E-state index is 10.3. The van der Waals surface area contributed by atoms with Crippen LogP contribution in [-0.2, 0) is 9.53 Å². The van der Waals surface area contributed by atoms with E-state index in [1.807, 2.05) is 30.3 Å². The van der Waals surface area contributed by atoms with Crippen LogP contribution in [0.1, 0.15) is 11.7 Å². The molecule has 0 radical (unpaired) electrons. The van der Waals surface area contributed by atoms with Gasteiger partial charge in [0.25, 0.3) is 0 Å².